The first kappa shape index (κ1) is 21.5. The molecule has 2 aromatic carbocycles. The average molecular weight is 441 g/mol. The van der Waals surface area contributed by atoms with Gasteiger partial charge in [-0.2, -0.15) is 4.31 Å². The fourth-order valence-corrected chi connectivity index (χ4v) is 5.85. The van der Waals surface area contributed by atoms with Gasteiger partial charge in [-0.25, -0.2) is 13.4 Å². The van der Waals surface area contributed by atoms with Crippen molar-refractivity contribution < 1.29 is 13.2 Å². The second-order valence-corrected chi connectivity index (χ2v) is 9.74. The second-order valence-electron chi connectivity index (χ2n) is 7.80. The molecule has 7 nitrogen and oxygen atoms in total. The van der Waals surface area contributed by atoms with Crippen LogP contribution in [0.1, 0.15) is 55.9 Å². The number of nitrogens with one attached hydrogen (secondary N) is 1. The highest BCUT2D eigenvalue weighted by molar-refractivity contribution is 7.89. The van der Waals surface area contributed by atoms with Crippen LogP contribution >= 0.6 is 0 Å². The lowest BCUT2D eigenvalue weighted by Gasteiger charge is -2.19. The Bertz CT molecular complexity index is 1190. The maximum atomic E-state index is 13.1. The molecule has 1 N–H and O–H groups in total. The van der Waals surface area contributed by atoms with E-state index in [4.69, 9.17) is 0 Å². The van der Waals surface area contributed by atoms with Gasteiger partial charge < -0.3 is 4.57 Å². The predicted octanol–water partition coefficient (Wildman–Crippen LogP) is 4.43. The molecular weight excluding hydrogens is 412 g/mol. The molecule has 0 unspecified atom stereocenters. The fraction of sp³-hybridized carbons (Fsp3) is 0.391. The molecule has 0 bridgehead atoms. The molecule has 8 heteroatoms. The smallest absolute Gasteiger partial charge is 0.258 e. The number of amides is 1. The number of carbonyl (C=O) groups is 1. The molecule has 0 atom stereocenters. The summed E-state index contributed by atoms with van der Waals surface area (Å²) in [7, 11) is -3.64. The van der Waals surface area contributed by atoms with E-state index < -0.39 is 10.0 Å². The lowest BCUT2D eigenvalue weighted by molar-refractivity contribution is 0.102. The summed E-state index contributed by atoms with van der Waals surface area (Å²) in [6.45, 7) is 4.34. The number of imidazole rings is 1. The highest BCUT2D eigenvalue weighted by atomic mass is 32.2. The van der Waals surface area contributed by atoms with Crippen LogP contribution in [0.5, 0.6) is 0 Å². The number of hydrogen-bond acceptors (Lipinski definition) is 4. The van der Waals surface area contributed by atoms with Crippen molar-refractivity contribution >= 4 is 32.9 Å². The topological polar surface area (TPSA) is 84.3 Å². The Morgan fingerprint density at radius 3 is 2.52 bits per heavy atom. The van der Waals surface area contributed by atoms with Gasteiger partial charge in [-0.05, 0) is 43.2 Å². The van der Waals surface area contributed by atoms with E-state index in [0.29, 0.717) is 30.6 Å². The maximum absolute atomic E-state index is 13.1. The van der Waals surface area contributed by atoms with Gasteiger partial charge in [0.15, 0.2) is 0 Å². The molecule has 164 valence electrons. The minimum Gasteiger partial charge on any atom is -0.307 e. The Balaban J connectivity index is 1.67. The van der Waals surface area contributed by atoms with Crippen LogP contribution in [0.3, 0.4) is 0 Å². The SMILES string of the molecule is CCN(CC)S(=O)(=O)c1cccc(C(=O)Nc2nc3ccccc3n2C2CCCC2)c1. The maximum Gasteiger partial charge on any atom is 0.258 e. The van der Waals surface area contributed by atoms with Gasteiger partial charge in [0.25, 0.3) is 5.91 Å². The molecule has 0 aliphatic heterocycles. The zero-order valence-corrected chi connectivity index (χ0v) is 18.7. The molecule has 1 amide bonds. The van der Waals surface area contributed by atoms with Crippen LogP contribution in [0, 0.1) is 0 Å². The lowest BCUT2D eigenvalue weighted by atomic mass is 10.2. The van der Waals surface area contributed by atoms with Gasteiger partial charge in [0, 0.05) is 24.7 Å². The number of fused-ring (bicyclic) bond motifs is 1. The summed E-state index contributed by atoms with van der Waals surface area (Å²) < 4.78 is 29.2. The van der Waals surface area contributed by atoms with E-state index in [1.807, 2.05) is 24.3 Å². The first-order valence-electron chi connectivity index (χ1n) is 10.8. The summed E-state index contributed by atoms with van der Waals surface area (Å²) in [6.07, 6.45) is 4.44. The molecule has 1 saturated carbocycles. The van der Waals surface area contributed by atoms with Crippen LogP contribution in [0.4, 0.5) is 5.95 Å². The third-order valence-corrected chi connectivity index (χ3v) is 8.00. The molecule has 0 spiro atoms. The molecule has 0 saturated heterocycles. The van der Waals surface area contributed by atoms with Crippen LogP contribution in [0.25, 0.3) is 11.0 Å². The molecular formula is C23H28N4O3S. The molecule has 1 aromatic heterocycles. The fourth-order valence-electron chi connectivity index (χ4n) is 4.35. The van der Waals surface area contributed by atoms with Crippen LogP contribution < -0.4 is 5.32 Å². The van der Waals surface area contributed by atoms with Crippen molar-refractivity contribution in [2.24, 2.45) is 0 Å². The van der Waals surface area contributed by atoms with Crippen molar-refractivity contribution in [3.05, 3.63) is 54.1 Å². The van der Waals surface area contributed by atoms with Gasteiger partial charge in [-0.1, -0.05) is 44.9 Å². The number of carbonyl (C=O) groups excluding carboxylic acids is 1. The van der Waals surface area contributed by atoms with Crippen molar-refractivity contribution in [1.29, 1.82) is 0 Å². The van der Waals surface area contributed by atoms with E-state index in [1.165, 1.54) is 16.4 Å². The van der Waals surface area contributed by atoms with Crippen LogP contribution in [-0.2, 0) is 10.0 Å². The molecule has 31 heavy (non-hydrogen) atoms. The first-order chi connectivity index (χ1) is 15.0. The number of aromatic nitrogens is 2. The van der Waals surface area contributed by atoms with Crippen molar-refractivity contribution in [1.82, 2.24) is 13.9 Å². The predicted molar refractivity (Wildman–Crippen MR) is 122 cm³/mol. The monoisotopic (exact) mass is 440 g/mol. The Morgan fingerprint density at radius 1 is 1.10 bits per heavy atom. The number of anilines is 1. The Morgan fingerprint density at radius 2 is 1.81 bits per heavy atom. The molecule has 0 radical (unpaired) electrons. The lowest BCUT2D eigenvalue weighted by Crippen LogP contribution is -2.30. The van der Waals surface area contributed by atoms with E-state index in [9.17, 15) is 13.2 Å². The number of nitrogens with zero attached hydrogens (tertiary/aromatic N) is 3. The standard InChI is InChI=1S/C23H28N4O3S/c1-3-26(4-2)31(29,30)19-13-9-10-17(16-19)22(28)25-23-24-20-14-7-8-15-21(20)27(23)18-11-5-6-12-18/h7-10,13-16,18H,3-6,11-12H2,1-2H3,(H,24,25,28). The van der Waals surface area contributed by atoms with Crippen molar-refractivity contribution in [3.8, 4) is 0 Å². The summed E-state index contributed by atoms with van der Waals surface area (Å²) in [5, 5.41) is 2.93. The molecule has 3 aromatic rings. The van der Waals surface area contributed by atoms with Gasteiger partial charge in [0.2, 0.25) is 16.0 Å². The highest BCUT2D eigenvalue weighted by Gasteiger charge is 2.25. The molecule has 1 aliphatic carbocycles. The Hall–Kier alpha value is -2.71. The normalized spacial score (nSPS) is 15.1. The second kappa shape index (κ2) is 8.80. The summed E-state index contributed by atoms with van der Waals surface area (Å²) in [5.74, 6) is 0.140. The van der Waals surface area contributed by atoms with Gasteiger partial charge in [0.1, 0.15) is 0 Å². The van der Waals surface area contributed by atoms with E-state index >= 15 is 0 Å². The third-order valence-electron chi connectivity index (χ3n) is 5.95. The summed E-state index contributed by atoms with van der Waals surface area (Å²) in [5.41, 5.74) is 2.13. The Labute approximate surface area is 183 Å². The number of rotatable bonds is 7. The highest BCUT2D eigenvalue weighted by Crippen LogP contribution is 2.35. The molecule has 1 heterocycles. The van der Waals surface area contributed by atoms with Gasteiger partial charge in [-0.3, -0.25) is 10.1 Å². The van der Waals surface area contributed by atoms with E-state index in [-0.39, 0.29) is 10.8 Å². The molecule has 1 fully saturated rings. The van der Waals surface area contributed by atoms with Gasteiger partial charge in [-0.15, -0.1) is 0 Å². The van der Waals surface area contributed by atoms with E-state index in [0.717, 1.165) is 36.7 Å². The van der Waals surface area contributed by atoms with Crippen LogP contribution in [-0.4, -0.2) is 41.3 Å². The van der Waals surface area contributed by atoms with Crippen molar-refractivity contribution in [2.45, 2.75) is 50.5 Å². The third kappa shape index (κ3) is 4.09. The average Bonchev–Trinajstić information content (AvgIpc) is 3.41. The number of benzene rings is 2. The Kier molecular flexibility index (Phi) is 6.11. The summed E-state index contributed by atoms with van der Waals surface area (Å²) in [6, 6.07) is 14.4. The minimum atomic E-state index is -3.64. The van der Waals surface area contributed by atoms with Crippen LogP contribution in [0.2, 0.25) is 0 Å². The molecule has 4 rings (SSSR count). The van der Waals surface area contributed by atoms with Crippen LogP contribution in [0.15, 0.2) is 53.4 Å². The van der Waals surface area contributed by atoms with E-state index in [1.54, 1.807) is 26.0 Å². The number of hydrogen-bond donors (Lipinski definition) is 1. The molecule has 1 aliphatic rings. The van der Waals surface area contributed by atoms with Crippen molar-refractivity contribution in [2.75, 3.05) is 18.4 Å². The summed E-state index contributed by atoms with van der Waals surface area (Å²) >= 11 is 0. The number of para-hydroxylation sites is 2. The summed E-state index contributed by atoms with van der Waals surface area (Å²) in [4.78, 5) is 17.8. The zero-order valence-electron chi connectivity index (χ0n) is 17.9. The van der Waals surface area contributed by atoms with E-state index in [2.05, 4.69) is 14.9 Å². The quantitative estimate of drug-likeness (QED) is 0.589. The van der Waals surface area contributed by atoms with Crippen molar-refractivity contribution in [3.63, 3.8) is 0 Å². The largest absolute Gasteiger partial charge is 0.307 e. The number of sulfonamides is 1. The van der Waals surface area contributed by atoms with Gasteiger partial charge in [0.05, 0.1) is 15.9 Å². The zero-order chi connectivity index (χ0) is 22.0. The minimum absolute atomic E-state index is 0.119. The van der Waals surface area contributed by atoms with Gasteiger partial charge >= 0.3 is 0 Å². The first-order valence-corrected chi connectivity index (χ1v) is 12.3.